The predicted octanol–water partition coefficient (Wildman–Crippen LogP) is 1.35. The number of carbonyl (C=O) groups is 1. The van der Waals surface area contributed by atoms with Crippen molar-refractivity contribution in [3.05, 3.63) is 82.7 Å². The fraction of sp³-hybridized carbons (Fsp3) is 0.167. The molecule has 30 heavy (non-hydrogen) atoms. The van der Waals surface area contributed by atoms with Crippen LogP contribution in [0.25, 0.3) is 5.69 Å². The maximum absolute atomic E-state index is 12.7. The minimum absolute atomic E-state index is 0.104. The first-order valence-corrected chi connectivity index (χ1v) is 8.91. The third-order valence-corrected chi connectivity index (χ3v) is 4.31. The van der Waals surface area contributed by atoms with E-state index in [1.807, 2.05) is 36.5 Å². The fourth-order valence-electron chi connectivity index (χ4n) is 2.86. The minimum Gasteiger partial charge on any atom is -0.390 e. The van der Waals surface area contributed by atoms with Gasteiger partial charge in [0.2, 0.25) is 6.33 Å². The smallest absolute Gasteiger partial charge is 0.390 e. The number of rotatable bonds is 7. The van der Waals surface area contributed by atoms with E-state index in [0.717, 1.165) is 11.3 Å². The molecule has 0 saturated heterocycles. The van der Waals surface area contributed by atoms with E-state index in [4.69, 9.17) is 0 Å². The first kappa shape index (κ1) is 19.0. The Bertz CT molecular complexity index is 1160. The molecular weight excluding hydrogens is 390 g/mol. The lowest BCUT2D eigenvalue weighted by atomic mass is 10.2. The number of nitro groups is 1. The second-order valence-corrected chi connectivity index (χ2v) is 6.50. The van der Waals surface area contributed by atoms with Crippen molar-refractivity contribution in [2.75, 3.05) is 7.05 Å². The molecule has 1 amide bonds. The third kappa shape index (κ3) is 4.06. The van der Waals surface area contributed by atoms with Gasteiger partial charge in [0.1, 0.15) is 5.69 Å². The SMILES string of the molecule is CN(Cc1ccc(-n2cccn2)cc1)C(=O)c1ccn(Cn2cnc([N+](=O)[O-])n2)n1. The molecule has 0 spiro atoms. The molecule has 0 aliphatic rings. The van der Waals surface area contributed by atoms with Gasteiger partial charge in [0.05, 0.1) is 5.69 Å². The van der Waals surface area contributed by atoms with Crippen molar-refractivity contribution in [2.45, 2.75) is 13.2 Å². The van der Waals surface area contributed by atoms with Gasteiger partial charge in [0.25, 0.3) is 5.91 Å². The molecule has 3 aromatic heterocycles. The average molecular weight is 407 g/mol. The van der Waals surface area contributed by atoms with Crippen LogP contribution in [0.15, 0.2) is 61.3 Å². The summed E-state index contributed by atoms with van der Waals surface area (Å²) in [6, 6.07) is 11.2. The van der Waals surface area contributed by atoms with Gasteiger partial charge in [-0.2, -0.15) is 14.9 Å². The van der Waals surface area contributed by atoms with E-state index < -0.39 is 10.9 Å². The molecule has 1 aromatic carbocycles. The maximum Gasteiger partial charge on any atom is 0.491 e. The molecule has 0 atom stereocenters. The summed E-state index contributed by atoms with van der Waals surface area (Å²) in [6.45, 7) is 0.521. The molecule has 0 fully saturated rings. The van der Waals surface area contributed by atoms with Crippen molar-refractivity contribution < 1.29 is 9.72 Å². The highest BCUT2D eigenvalue weighted by Gasteiger charge is 2.17. The van der Waals surface area contributed by atoms with Crippen LogP contribution in [0.5, 0.6) is 0 Å². The third-order valence-electron chi connectivity index (χ3n) is 4.31. The van der Waals surface area contributed by atoms with E-state index >= 15 is 0 Å². The van der Waals surface area contributed by atoms with Crippen LogP contribution in [-0.4, -0.2) is 57.1 Å². The summed E-state index contributed by atoms with van der Waals surface area (Å²) in [5.74, 6) is -0.730. The van der Waals surface area contributed by atoms with Gasteiger partial charge in [0.15, 0.2) is 6.67 Å². The molecule has 4 rings (SSSR count). The Morgan fingerprint density at radius 1 is 1.13 bits per heavy atom. The van der Waals surface area contributed by atoms with Gasteiger partial charge in [-0.1, -0.05) is 17.1 Å². The Kier molecular flexibility index (Phi) is 5.03. The van der Waals surface area contributed by atoms with Crippen LogP contribution in [0.1, 0.15) is 16.1 Å². The summed E-state index contributed by atoms with van der Waals surface area (Å²) in [6.07, 6.45) is 6.41. The fourth-order valence-corrected chi connectivity index (χ4v) is 2.86. The van der Waals surface area contributed by atoms with Crippen LogP contribution in [0, 0.1) is 10.1 Å². The Morgan fingerprint density at radius 3 is 2.60 bits per heavy atom. The summed E-state index contributed by atoms with van der Waals surface area (Å²) in [4.78, 5) is 27.8. The van der Waals surface area contributed by atoms with Gasteiger partial charge in [-0.3, -0.25) is 4.79 Å². The molecule has 12 nitrogen and oxygen atoms in total. The number of aromatic nitrogens is 7. The zero-order valence-corrected chi connectivity index (χ0v) is 15.9. The summed E-state index contributed by atoms with van der Waals surface area (Å²) in [5.41, 5.74) is 2.17. The van der Waals surface area contributed by atoms with Crippen molar-refractivity contribution in [3.8, 4) is 5.69 Å². The number of amides is 1. The quantitative estimate of drug-likeness (QED) is 0.334. The molecule has 152 valence electrons. The minimum atomic E-state index is -0.676. The van der Waals surface area contributed by atoms with Crippen LogP contribution in [0.3, 0.4) is 0 Å². The van der Waals surface area contributed by atoms with Crippen LogP contribution in [0.4, 0.5) is 5.95 Å². The summed E-state index contributed by atoms with van der Waals surface area (Å²) in [7, 11) is 1.70. The number of carbonyl (C=O) groups excluding carboxylic acids is 1. The topological polar surface area (TPSA) is 130 Å². The van der Waals surface area contributed by atoms with Crippen LogP contribution < -0.4 is 0 Å². The lowest BCUT2D eigenvalue weighted by Gasteiger charge is -2.16. The molecule has 0 saturated carbocycles. The molecule has 12 heteroatoms. The molecular formula is C18H17N9O3. The second kappa shape index (κ2) is 7.95. The zero-order chi connectivity index (χ0) is 21.1. The van der Waals surface area contributed by atoms with E-state index in [1.54, 1.807) is 35.1 Å². The van der Waals surface area contributed by atoms with Crippen molar-refractivity contribution in [2.24, 2.45) is 0 Å². The van der Waals surface area contributed by atoms with E-state index in [9.17, 15) is 14.9 Å². The van der Waals surface area contributed by atoms with E-state index in [-0.39, 0.29) is 18.3 Å². The van der Waals surface area contributed by atoms with Crippen molar-refractivity contribution in [1.29, 1.82) is 0 Å². The Labute approximate surface area is 170 Å². The van der Waals surface area contributed by atoms with Crippen LogP contribution >= 0.6 is 0 Å². The molecule has 4 aromatic rings. The molecule has 0 unspecified atom stereocenters. The van der Waals surface area contributed by atoms with Crippen molar-refractivity contribution in [1.82, 2.24) is 39.2 Å². The van der Waals surface area contributed by atoms with Crippen molar-refractivity contribution in [3.63, 3.8) is 0 Å². The lowest BCUT2D eigenvalue weighted by Crippen LogP contribution is -2.27. The highest BCUT2D eigenvalue weighted by atomic mass is 16.6. The number of nitrogens with zero attached hydrogens (tertiary/aromatic N) is 9. The predicted molar refractivity (Wildman–Crippen MR) is 104 cm³/mol. The van der Waals surface area contributed by atoms with Gasteiger partial charge < -0.3 is 15.0 Å². The average Bonchev–Trinajstić information content (AvgIpc) is 3.50. The van der Waals surface area contributed by atoms with Gasteiger partial charge in [-0.05, 0) is 34.8 Å². The molecule has 0 aliphatic heterocycles. The Balaban J connectivity index is 1.38. The number of hydrogen-bond acceptors (Lipinski definition) is 7. The molecule has 0 bridgehead atoms. The lowest BCUT2D eigenvalue weighted by molar-refractivity contribution is -0.394. The van der Waals surface area contributed by atoms with E-state index in [0.29, 0.717) is 6.54 Å². The Hall–Kier alpha value is -4.35. The second-order valence-electron chi connectivity index (χ2n) is 6.50. The zero-order valence-electron chi connectivity index (χ0n) is 15.9. The van der Waals surface area contributed by atoms with Crippen LogP contribution in [0.2, 0.25) is 0 Å². The molecule has 0 aliphatic carbocycles. The highest BCUT2D eigenvalue weighted by molar-refractivity contribution is 5.91. The van der Waals surface area contributed by atoms with Gasteiger partial charge in [-0.25, -0.2) is 9.36 Å². The molecule has 0 radical (unpaired) electrons. The van der Waals surface area contributed by atoms with Gasteiger partial charge >= 0.3 is 5.95 Å². The van der Waals surface area contributed by atoms with Crippen molar-refractivity contribution >= 4 is 11.9 Å². The summed E-state index contributed by atoms with van der Waals surface area (Å²) in [5, 5.41) is 22.8. The van der Waals surface area contributed by atoms with Crippen LogP contribution in [-0.2, 0) is 13.2 Å². The first-order valence-electron chi connectivity index (χ1n) is 8.91. The van der Waals surface area contributed by atoms with E-state index in [1.165, 1.54) is 15.7 Å². The number of hydrogen-bond donors (Lipinski definition) is 0. The summed E-state index contributed by atoms with van der Waals surface area (Å²) < 4.78 is 4.48. The number of benzene rings is 1. The van der Waals surface area contributed by atoms with E-state index in [2.05, 4.69) is 20.3 Å². The molecule has 0 N–H and O–H groups in total. The standard InChI is InChI=1S/C18H17N9O3/c1-23(11-14-3-5-15(6-4-14)26-9-2-8-20-26)17(28)16-7-10-24(21-16)13-25-12-19-18(22-25)27(29)30/h2-10,12H,11,13H2,1H3. The normalized spacial score (nSPS) is 10.8. The first-order chi connectivity index (χ1) is 14.5. The largest absolute Gasteiger partial charge is 0.491 e. The van der Waals surface area contributed by atoms with Gasteiger partial charge in [0, 0.05) is 37.3 Å². The monoisotopic (exact) mass is 407 g/mol. The van der Waals surface area contributed by atoms with Gasteiger partial charge in [-0.15, -0.1) is 0 Å². The molecule has 3 heterocycles. The Morgan fingerprint density at radius 2 is 1.93 bits per heavy atom. The summed E-state index contributed by atoms with van der Waals surface area (Å²) >= 11 is 0. The maximum atomic E-state index is 12.7. The highest BCUT2D eigenvalue weighted by Crippen LogP contribution is 2.12.